The molecule has 5 nitrogen and oxygen atoms in total. The average Bonchev–Trinajstić information content (AvgIpc) is 2.78. The van der Waals surface area contributed by atoms with Crippen LogP contribution >= 0.6 is 22.6 Å². The molecule has 0 aliphatic carbocycles. The molecule has 0 unspecified atom stereocenters. The van der Waals surface area contributed by atoms with Crippen LogP contribution in [-0.4, -0.2) is 36.1 Å². The Hall–Kier alpha value is -0.970. The van der Waals surface area contributed by atoms with Gasteiger partial charge in [0, 0.05) is 12.3 Å². The molecule has 2 heterocycles. The van der Waals surface area contributed by atoms with Crippen LogP contribution in [0.4, 0.5) is 8.78 Å². The van der Waals surface area contributed by atoms with Crippen molar-refractivity contribution >= 4 is 38.1 Å². The van der Waals surface area contributed by atoms with E-state index in [9.17, 15) is 17.2 Å². The van der Waals surface area contributed by atoms with E-state index in [-0.39, 0.29) is 10.6 Å². The fraction of sp³-hybridized carbons (Fsp3) is 0.417. The van der Waals surface area contributed by atoms with E-state index in [4.69, 9.17) is 4.74 Å². The summed E-state index contributed by atoms with van der Waals surface area (Å²) < 4.78 is 56.4. The van der Waals surface area contributed by atoms with Gasteiger partial charge in [-0.15, -0.1) is 0 Å². The molecule has 0 N–H and O–H groups in total. The van der Waals surface area contributed by atoms with Gasteiger partial charge in [-0.3, -0.25) is 4.40 Å². The molecule has 2 aromatic rings. The summed E-state index contributed by atoms with van der Waals surface area (Å²) in [4.78, 5) is 3.80. The highest BCUT2D eigenvalue weighted by Gasteiger charge is 2.45. The Morgan fingerprint density at radius 1 is 1.43 bits per heavy atom. The lowest BCUT2D eigenvalue weighted by Crippen LogP contribution is -2.39. The van der Waals surface area contributed by atoms with Crippen molar-refractivity contribution in [3.8, 4) is 5.75 Å². The maximum atomic E-state index is 13.1. The van der Waals surface area contributed by atoms with E-state index >= 15 is 0 Å². The predicted octanol–water partition coefficient (Wildman–Crippen LogP) is 2.76. The second kappa shape index (κ2) is 5.34. The van der Waals surface area contributed by atoms with Crippen LogP contribution in [0.15, 0.2) is 23.4 Å². The normalized spacial score (nSPS) is 13.1. The van der Waals surface area contributed by atoms with E-state index in [1.165, 1.54) is 23.8 Å². The predicted molar refractivity (Wildman–Crippen MR) is 81.7 cm³/mol. The highest BCUT2D eigenvalue weighted by Crippen LogP contribution is 2.36. The number of pyridine rings is 1. The Labute approximate surface area is 134 Å². The molecule has 0 saturated carbocycles. The number of ether oxygens (including phenoxy) is 1. The van der Waals surface area contributed by atoms with Crippen LogP contribution in [0.25, 0.3) is 5.65 Å². The van der Waals surface area contributed by atoms with Crippen LogP contribution in [0.2, 0.25) is 0 Å². The van der Waals surface area contributed by atoms with Crippen molar-refractivity contribution in [1.82, 2.24) is 9.38 Å². The van der Waals surface area contributed by atoms with Crippen molar-refractivity contribution in [2.45, 2.75) is 29.9 Å². The van der Waals surface area contributed by atoms with Gasteiger partial charge in [-0.25, -0.2) is 22.2 Å². The second-order valence-corrected chi connectivity index (χ2v) is 8.53. The SMILES string of the molecule is COc1cc2ncc(I)n2cc1S(=O)(=O)C(C)(C)C(F)F. The van der Waals surface area contributed by atoms with E-state index < -0.39 is 21.0 Å². The number of fused-ring (bicyclic) bond motifs is 1. The molecule has 0 radical (unpaired) electrons. The molecule has 2 aromatic heterocycles. The van der Waals surface area contributed by atoms with Crippen molar-refractivity contribution in [3.63, 3.8) is 0 Å². The van der Waals surface area contributed by atoms with Gasteiger partial charge in [0.05, 0.1) is 13.3 Å². The van der Waals surface area contributed by atoms with Crippen LogP contribution in [0.3, 0.4) is 0 Å². The number of hydrogen-bond acceptors (Lipinski definition) is 4. The number of alkyl halides is 2. The van der Waals surface area contributed by atoms with Gasteiger partial charge in [-0.05, 0) is 36.4 Å². The Balaban J connectivity index is 2.78. The molecule has 0 bridgehead atoms. The highest BCUT2D eigenvalue weighted by atomic mass is 127. The fourth-order valence-electron chi connectivity index (χ4n) is 1.72. The number of halogens is 3. The number of aromatic nitrogens is 2. The Kier molecular flexibility index (Phi) is 4.17. The third kappa shape index (κ3) is 2.50. The first-order chi connectivity index (χ1) is 9.62. The van der Waals surface area contributed by atoms with Crippen LogP contribution < -0.4 is 4.74 Å². The maximum Gasteiger partial charge on any atom is 0.257 e. The first-order valence-electron chi connectivity index (χ1n) is 5.86. The molecule has 0 aliphatic rings. The Bertz CT molecular complexity index is 787. The number of imidazole rings is 1. The van der Waals surface area contributed by atoms with Gasteiger partial charge in [-0.1, -0.05) is 0 Å². The number of sulfone groups is 1. The molecule has 116 valence electrons. The van der Waals surface area contributed by atoms with Gasteiger partial charge in [0.25, 0.3) is 6.43 Å². The Morgan fingerprint density at radius 3 is 2.57 bits per heavy atom. The lowest BCUT2D eigenvalue weighted by Gasteiger charge is -2.24. The molecule has 9 heteroatoms. The van der Waals surface area contributed by atoms with Crippen molar-refractivity contribution in [2.24, 2.45) is 0 Å². The molecular weight excluding hydrogens is 417 g/mol. The van der Waals surface area contributed by atoms with Gasteiger partial charge in [0.1, 0.15) is 24.7 Å². The summed E-state index contributed by atoms with van der Waals surface area (Å²) in [5.41, 5.74) is 0.477. The number of hydrogen-bond donors (Lipinski definition) is 0. The third-order valence-corrected chi connectivity index (χ3v) is 6.50. The summed E-state index contributed by atoms with van der Waals surface area (Å²) >= 11 is 1.97. The number of rotatable bonds is 4. The summed E-state index contributed by atoms with van der Waals surface area (Å²) in [6.45, 7) is 1.99. The van der Waals surface area contributed by atoms with E-state index in [0.29, 0.717) is 9.35 Å². The first-order valence-corrected chi connectivity index (χ1v) is 8.42. The van der Waals surface area contributed by atoms with Crippen molar-refractivity contribution in [3.05, 3.63) is 22.2 Å². The molecule has 0 aromatic carbocycles. The molecule has 0 amide bonds. The van der Waals surface area contributed by atoms with E-state index in [1.54, 1.807) is 6.20 Å². The first kappa shape index (κ1) is 16.4. The van der Waals surface area contributed by atoms with Crippen molar-refractivity contribution in [1.29, 1.82) is 0 Å². The van der Waals surface area contributed by atoms with Crippen molar-refractivity contribution < 1.29 is 21.9 Å². The van der Waals surface area contributed by atoms with E-state index in [1.807, 2.05) is 22.6 Å². The van der Waals surface area contributed by atoms with E-state index in [2.05, 4.69) is 4.98 Å². The minimum atomic E-state index is -4.29. The largest absolute Gasteiger partial charge is 0.495 e. The minimum absolute atomic E-state index is 0.00164. The standard InChI is InChI=1S/C12H13F2IN2O3S/c1-12(2,11(13)14)21(18,19)8-6-17-9(15)5-16-10(17)4-7(8)20-3/h4-6,11H,1-3H3. The number of methoxy groups -OCH3 is 1. The summed E-state index contributed by atoms with van der Waals surface area (Å²) in [6, 6.07) is 1.41. The maximum absolute atomic E-state index is 13.1. The topological polar surface area (TPSA) is 60.7 Å². The monoisotopic (exact) mass is 430 g/mol. The smallest absolute Gasteiger partial charge is 0.257 e. The average molecular weight is 430 g/mol. The zero-order valence-electron chi connectivity index (χ0n) is 11.5. The molecular formula is C12H13F2IN2O3S. The van der Waals surface area contributed by atoms with Gasteiger partial charge in [0.2, 0.25) is 0 Å². The van der Waals surface area contributed by atoms with Crippen LogP contribution in [0, 0.1) is 3.70 Å². The number of nitrogens with zero attached hydrogens (tertiary/aromatic N) is 2. The molecule has 0 fully saturated rings. The van der Waals surface area contributed by atoms with Gasteiger partial charge < -0.3 is 4.74 Å². The second-order valence-electron chi connectivity index (χ2n) is 4.92. The Morgan fingerprint density at radius 2 is 2.05 bits per heavy atom. The lowest BCUT2D eigenvalue weighted by molar-refractivity contribution is 0.108. The summed E-state index contributed by atoms with van der Waals surface area (Å²) in [5.74, 6) is -0.00164. The third-order valence-electron chi connectivity index (χ3n) is 3.26. The van der Waals surface area contributed by atoms with Crippen LogP contribution in [0.1, 0.15) is 13.8 Å². The van der Waals surface area contributed by atoms with Crippen molar-refractivity contribution in [2.75, 3.05) is 7.11 Å². The van der Waals surface area contributed by atoms with Gasteiger partial charge in [-0.2, -0.15) is 0 Å². The zero-order valence-corrected chi connectivity index (χ0v) is 14.4. The molecule has 0 spiro atoms. The summed E-state index contributed by atoms with van der Waals surface area (Å²) in [5, 5.41) is 0. The highest BCUT2D eigenvalue weighted by molar-refractivity contribution is 14.1. The van der Waals surface area contributed by atoms with Crippen LogP contribution in [0.5, 0.6) is 5.75 Å². The fourth-order valence-corrected chi connectivity index (χ4v) is 3.70. The molecule has 0 aliphatic heterocycles. The zero-order chi connectivity index (χ0) is 16.0. The van der Waals surface area contributed by atoms with E-state index in [0.717, 1.165) is 13.8 Å². The molecule has 0 saturated heterocycles. The van der Waals surface area contributed by atoms with Gasteiger partial charge in [0.15, 0.2) is 9.84 Å². The quantitative estimate of drug-likeness (QED) is 0.701. The minimum Gasteiger partial charge on any atom is -0.495 e. The van der Waals surface area contributed by atoms with Gasteiger partial charge >= 0.3 is 0 Å². The summed E-state index contributed by atoms with van der Waals surface area (Å²) in [6.07, 6.45) is -0.211. The molecule has 0 atom stereocenters. The van der Waals surface area contributed by atoms with Crippen LogP contribution in [-0.2, 0) is 9.84 Å². The molecule has 2 rings (SSSR count). The molecule has 21 heavy (non-hydrogen) atoms. The lowest BCUT2D eigenvalue weighted by atomic mass is 10.2. The summed E-state index contributed by atoms with van der Waals surface area (Å²) in [7, 11) is -3.01.